The van der Waals surface area contributed by atoms with E-state index in [0.717, 1.165) is 32.6 Å². The van der Waals surface area contributed by atoms with Gasteiger partial charge in [0.1, 0.15) is 0 Å². The number of carbonyl (C=O) groups is 1. The zero-order valence-electron chi connectivity index (χ0n) is 12.2. The average Bonchev–Trinajstić information content (AvgIpc) is 2.47. The summed E-state index contributed by atoms with van der Waals surface area (Å²) in [5, 5.41) is 2.92. The molecule has 0 saturated carbocycles. The molecule has 1 aliphatic heterocycles. The largest absolute Gasteiger partial charge is 0.352 e. The molecule has 0 radical (unpaired) electrons. The smallest absolute Gasteiger partial charge is 0.243 e. The fraction of sp³-hybridized carbons (Fsp3) is 0.471. The minimum atomic E-state index is -0.0658. The Morgan fingerprint density at radius 1 is 1.45 bits per heavy atom. The van der Waals surface area contributed by atoms with Crippen LogP contribution in [0.15, 0.2) is 43.0 Å². The Kier molecular flexibility index (Phi) is 5.36. The summed E-state index contributed by atoms with van der Waals surface area (Å²) in [6, 6.07) is 10.6. The minimum Gasteiger partial charge on any atom is -0.352 e. The van der Waals surface area contributed by atoms with Gasteiger partial charge in [-0.25, -0.2) is 0 Å². The number of hydrogen-bond donors (Lipinski definition) is 1. The van der Waals surface area contributed by atoms with Crippen LogP contribution in [0.1, 0.15) is 18.9 Å². The van der Waals surface area contributed by atoms with E-state index in [-0.39, 0.29) is 5.91 Å². The van der Waals surface area contributed by atoms with Gasteiger partial charge in [-0.2, -0.15) is 0 Å². The first-order valence-electron chi connectivity index (χ1n) is 7.35. The topological polar surface area (TPSA) is 32.3 Å². The Labute approximate surface area is 121 Å². The third kappa shape index (κ3) is 4.20. The van der Waals surface area contributed by atoms with Gasteiger partial charge < -0.3 is 5.32 Å². The zero-order valence-corrected chi connectivity index (χ0v) is 12.2. The lowest BCUT2D eigenvalue weighted by molar-refractivity contribution is -0.116. The van der Waals surface area contributed by atoms with Gasteiger partial charge in [0.25, 0.3) is 0 Å². The van der Waals surface area contributed by atoms with E-state index in [9.17, 15) is 4.79 Å². The molecule has 0 aromatic heterocycles. The molecule has 2 rings (SSSR count). The Balaban J connectivity index is 1.80. The Hall–Kier alpha value is -1.61. The average molecular weight is 272 g/mol. The fourth-order valence-electron chi connectivity index (χ4n) is 2.87. The van der Waals surface area contributed by atoms with Gasteiger partial charge in [0.2, 0.25) is 5.91 Å². The maximum Gasteiger partial charge on any atom is 0.243 e. The summed E-state index contributed by atoms with van der Waals surface area (Å²) in [6.45, 7) is 9.76. The van der Waals surface area contributed by atoms with Crippen molar-refractivity contribution >= 4 is 5.91 Å². The van der Waals surface area contributed by atoms with E-state index in [0.29, 0.717) is 11.8 Å². The molecule has 20 heavy (non-hydrogen) atoms. The van der Waals surface area contributed by atoms with Gasteiger partial charge in [0.15, 0.2) is 0 Å². The number of hydrogen-bond acceptors (Lipinski definition) is 2. The Bertz CT molecular complexity index is 444. The number of nitrogens with one attached hydrogen (secondary N) is 1. The lowest BCUT2D eigenvalue weighted by Gasteiger charge is -2.37. The quantitative estimate of drug-likeness (QED) is 0.835. The van der Waals surface area contributed by atoms with Crippen LogP contribution >= 0.6 is 0 Å². The summed E-state index contributed by atoms with van der Waals surface area (Å²) in [6.07, 6.45) is 2.49. The monoisotopic (exact) mass is 272 g/mol. The van der Waals surface area contributed by atoms with E-state index < -0.39 is 0 Å². The number of benzene rings is 1. The second-order valence-electron chi connectivity index (χ2n) is 5.70. The highest BCUT2D eigenvalue weighted by Crippen LogP contribution is 2.23. The molecule has 0 bridgehead atoms. The zero-order chi connectivity index (χ0) is 14.4. The van der Waals surface area contributed by atoms with E-state index in [4.69, 9.17) is 0 Å². The maximum atomic E-state index is 11.2. The molecule has 2 unspecified atom stereocenters. The van der Waals surface area contributed by atoms with Crippen molar-refractivity contribution in [2.45, 2.75) is 19.9 Å². The summed E-state index contributed by atoms with van der Waals surface area (Å²) in [4.78, 5) is 13.7. The number of likely N-dealkylation sites (tertiary alicyclic amines) is 1. The molecule has 1 saturated heterocycles. The first-order chi connectivity index (χ1) is 9.69. The number of amides is 1. The summed E-state index contributed by atoms with van der Waals surface area (Å²) < 4.78 is 0. The highest BCUT2D eigenvalue weighted by atomic mass is 16.1. The van der Waals surface area contributed by atoms with Crippen LogP contribution in [0.2, 0.25) is 0 Å². The van der Waals surface area contributed by atoms with Crippen molar-refractivity contribution in [1.29, 1.82) is 0 Å². The number of carbonyl (C=O) groups excluding carboxylic acids is 1. The molecule has 1 fully saturated rings. The van der Waals surface area contributed by atoms with Crippen molar-refractivity contribution in [3.05, 3.63) is 48.6 Å². The first-order valence-corrected chi connectivity index (χ1v) is 7.35. The van der Waals surface area contributed by atoms with Gasteiger partial charge in [-0.05, 0) is 36.4 Å². The Morgan fingerprint density at radius 3 is 2.85 bits per heavy atom. The summed E-state index contributed by atoms with van der Waals surface area (Å²) in [5.74, 6) is 1.12. The number of nitrogens with zero attached hydrogens (tertiary/aromatic N) is 1. The lowest BCUT2D eigenvalue weighted by Crippen LogP contribution is -2.43. The second-order valence-corrected chi connectivity index (χ2v) is 5.70. The minimum absolute atomic E-state index is 0.0658. The number of piperidine rings is 1. The van der Waals surface area contributed by atoms with E-state index in [1.807, 2.05) is 0 Å². The van der Waals surface area contributed by atoms with Crippen LogP contribution in [-0.4, -0.2) is 30.4 Å². The van der Waals surface area contributed by atoms with E-state index in [1.54, 1.807) is 0 Å². The standard InChI is InChI=1S/C17H24N2O/c1-3-17(20)18-11-16-9-10-19(12-14(16)2)13-15-7-5-4-6-8-15/h3-8,14,16H,1,9-13H2,2H3,(H,18,20). The predicted molar refractivity (Wildman–Crippen MR) is 82.2 cm³/mol. The number of rotatable bonds is 5. The van der Waals surface area contributed by atoms with Gasteiger partial charge in [-0.1, -0.05) is 43.8 Å². The van der Waals surface area contributed by atoms with E-state index in [2.05, 4.69) is 54.1 Å². The third-order valence-electron chi connectivity index (χ3n) is 4.14. The molecule has 108 valence electrons. The van der Waals surface area contributed by atoms with Crippen molar-refractivity contribution in [3.8, 4) is 0 Å². The molecular formula is C17H24N2O. The van der Waals surface area contributed by atoms with Crippen LogP contribution in [0.4, 0.5) is 0 Å². The molecule has 2 atom stereocenters. The SMILES string of the molecule is C=CC(=O)NCC1CCN(Cc2ccccc2)CC1C. The molecule has 1 amide bonds. The van der Waals surface area contributed by atoms with Gasteiger partial charge in [-0.3, -0.25) is 9.69 Å². The molecular weight excluding hydrogens is 248 g/mol. The normalized spacial score (nSPS) is 23.2. The van der Waals surface area contributed by atoms with Crippen molar-refractivity contribution in [3.63, 3.8) is 0 Å². The van der Waals surface area contributed by atoms with Crippen molar-refractivity contribution in [1.82, 2.24) is 10.2 Å². The summed E-state index contributed by atoms with van der Waals surface area (Å²) in [5.41, 5.74) is 1.37. The lowest BCUT2D eigenvalue weighted by atomic mass is 9.86. The highest BCUT2D eigenvalue weighted by molar-refractivity contribution is 5.86. The summed E-state index contributed by atoms with van der Waals surface area (Å²) >= 11 is 0. The molecule has 1 N–H and O–H groups in total. The van der Waals surface area contributed by atoms with Gasteiger partial charge in [0, 0.05) is 19.6 Å². The van der Waals surface area contributed by atoms with Crippen LogP contribution in [0.25, 0.3) is 0 Å². The molecule has 1 aromatic rings. The van der Waals surface area contributed by atoms with Gasteiger partial charge >= 0.3 is 0 Å². The highest BCUT2D eigenvalue weighted by Gasteiger charge is 2.25. The van der Waals surface area contributed by atoms with Crippen LogP contribution in [0.3, 0.4) is 0 Å². The van der Waals surface area contributed by atoms with Gasteiger partial charge in [0.05, 0.1) is 0 Å². The van der Waals surface area contributed by atoms with Crippen molar-refractivity contribution < 1.29 is 4.79 Å². The van der Waals surface area contributed by atoms with Crippen LogP contribution < -0.4 is 5.32 Å². The molecule has 3 heteroatoms. The maximum absolute atomic E-state index is 11.2. The van der Waals surface area contributed by atoms with Crippen molar-refractivity contribution in [2.75, 3.05) is 19.6 Å². The fourth-order valence-corrected chi connectivity index (χ4v) is 2.87. The third-order valence-corrected chi connectivity index (χ3v) is 4.14. The first kappa shape index (κ1) is 14.8. The second kappa shape index (κ2) is 7.25. The van der Waals surface area contributed by atoms with Crippen LogP contribution in [-0.2, 0) is 11.3 Å². The predicted octanol–water partition coefficient (Wildman–Crippen LogP) is 2.45. The molecule has 1 heterocycles. The molecule has 1 aromatic carbocycles. The molecule has 0 spiro atoms. The van der Waals surface area contributed by atoms with Crippen LogP contribution in [0, 0.1) is 11.8 Å². The molecule has 0 aliphatic carbocycles. The van der Waals surface area contributed by atoms with Gasteiger partial charge in [-0.15, -0.1) is 0 Å². The molecule has 3 nitrogen and oxygen atoms in total. The van der Waals surface area contributed by atoms with Crippen LogP contribution in [0.5, 0.6) is 0 Å². The van der Waals surface area contributed by atoms with E-state index in [1.165, 1.54) is 11.6 Å². The molecule has 1 aliphatic rings. The Morgan fingerprint density at radius 2 is 2.20 bits per heavy atom. The summed E-state index contributed by atoms with van der Waals surface area (Å²) in [7, 11) is 0. The van der Waals surface area contributed by atoms with E-state index >= 15 is 0 Å². The van der Waals surface area contributed by atoms with Crippen molar-refractivity contribution in [2.24, 2.45) is 11.8 Å².